The molecule has 3 rings (SSSR count). The molecule has 0 aromatic heterocycles. The highest BCUT2D eigenvalue weighted by Gasteiger charge is 2.41. The first-order chi connectivity index (χ1) is 14.1. The maximum absolute atomic E-state index is 13.1. The normalized spacial score (nSPS) is 18.1. The van der Waals surface area contributed by atoms with Crippen molar-refractivity contribution in [3.63, 3.8) is 0 Å². The van der Waals surface area contributed by atoms with Crippen molar-refractivity contribution in [1.82, 2.24) is 10.2 Å². The Hall–Kier alpha value is -3.37. The van der Waals surface area contributed by atoms with Gasteiger partial charge in [-0.1, -0.05) is 18.2 Å². The quantitative estimate of drug-likeness (QED) is 0.727. The van der Waals surface area contributed by atoms with Gasteiger partial charge >= 0.3 is 0 Å². The average Bonchev–Trinajstić information content (AvgIpc) is 3.18. The molecule has 2 aromatic carbocycles. The van der Waals surface area contributed by atoms with Gasteiger partial charge in [-0.05, 0) is 36.4 Å². The summed E-state index contributed by atoms with van der Waals surface area (Å²) in [7, 11) is 1.56. The smallest absolute Gasteiger partial charge is 0.254 e. The van der Waals surface area contributed by atoms with Crippen LogP contribution < -0.4 is 10.1 Å². The molecule has 0 radical (unpaired) electrons. The first-order valence-electron chi connectivity index (χ1n) is 9.42. The second-order valence-corrected chi connectivity index (χ2v) is 6.73. The van der Waals surface area contributed by atoms with Crippen molar-refractivity contribution in [2.75, 3.05) is 26.8 Å². The number of ether oxygens (including phenoxy) is 2. The predicted octanol–water partition coefficient (Wildman–Crippen LogP) is 1.98. The standard InChI is InChI=1S/C22H23N3O4/c1-28-12-11-24-21(26)20-13-19(29-18-5-3-2-4-6-18)15-25(20)22(27)17-9-7-16(14-23)8-10-17/h2-10,19-20H,11-13,15H2,1H3,(H,24,26)/t19-,20-/m0/s1. The zero-order chi connectivity index (χ0) is 20.6. The van der Waals surface area contributed by atoms with E-state index in [-0.39, 0.29) is 17.9 Å². The number of nitrogens with one attached hydrogen (secondary N) is 1. The van der Waals surface area contributed by atoms with E-state index in [1.54, 1.807) is 31.4 Å². The molecule has 0 saturated carbocycles. The first-order valence-corrected chi connectivity index (χ1v) is 9.42. The number of para-hydroxylation sites is 1. The minimum Gasteiger partial charge on any atom is -0.488 e. The van der Waals surface area contributed by atoms with Gasteiger partial charge < -0.3 is 19.7 Å². The molecule has 2 atom stereocenters. The van der Waals surface area contributed by atoms with Gasteiger partial charge in [0.05, 0.1) is 24.8 Å². The minimum atomic E-state index is -0.635. The van der Waals surface area contributed by atoms with Crippen LogP contribution in [0.25, 0.3) is 0 Å². The van der Waals surface area contributed by atoms with Crippen molar-refractivity contribution in [3.8, 4) is 11.8 Å². The Bertz CT molecular complexity index is 877. The van der Waals surface area contributed by atoms with Crippen LogP contribution in [0, 0.1) is 11.3 Å². The summed E-state index contributed by atoms with van der Waals surface area (Å²) in [5.41, 5.74) is 0.904. The molecule has 150 valence electrons. The number of likely N-dealkylation sites (tertiary alicyclic amines) is 1. The fourth-order valence-electron chi connectivity index (χ4n) is 3.29. The van der Waals surface area contributed by atoms with Crippen molar-refractivity contribution in [3.05, 3.63) is 65.7 Å². The van der Waals surface area contributed by atoms with E-state index >= 15 is 0 Å². The molecule has 1 saturated heterocycles. The lowest BCUT2D eigenvalue weighted by Crippen LogP contribution is -2.46. The van der Waals surface area contributed by atoms with Gasteiger partial charge in [0.2, 0.25) is 5.91 Å². The van der Waals surface area contributed by atoms with Crippen LogP contribution in [0.4, 0.5) is 0 Å². The van der Waals surface area contributed by atoms with Crippen molar-refractivity contribution in [2.24, 2.45) is 0 Å². The number of nitrogens with zero attached hydrogens (tertiary/aromatic N) is 2. The maximum Gasteiger partial charge on any atom is 0.254 e. The second-order valence-electron chi connectivity index (χ2n) is 6.73. The van der Waals surface area contributed by atoms with E-state index in [4.69, 9.17) is 14.7 Å². The molecule has 0 spiro atoms. The summed E-state index contributed by atoms with van der Waals surface area (Å²) < 4.78 is 11.0. The summed E-state index contributed by atoms with van der Waals surface area (Å²) >= 11 is 0. The molecule has 1 fully saturated rings. The van der Waals surface area contributed by atoms with Crippen LogP contribution in [0.5, 0.6) is 5.75 Å². The Morgan fingerprint density at radius 1 is 1.17 bits per heavy atom. The number of amides is 2. The molecule has 2 amide bonds. The Balaban J connectivity index is 1.76. The van der Waals surface area contributed by atoms with Crippen molar-refractivity contribution in [1.29, 1.82) is 5.26 Å². The number of benzene rings is 2. The van der Waals surface area contributed by atoms with E-state index in [1.165, 1.54) is 4.90 Å². The zero-order valence-electron chi connectivity index (χ0n) is 16.2. The van der Waals surface area contributed by atoms with Crippen LogP contribution in [0.15, 0.2) is 54.6 Å². The van der Waals surface area contributed by atoms with Crippen LogP contribution >= 0.6 is 0 Å². The van der Waals surface area contributed by atoms with E-state index in [9.17, 15) is 9.59 Å². The lowest BCUT2D eigenvalue weighted by atomic mass is 10.1. The van der Waals surface area contributed by atoms with Crippen LogP contribution in [0.3, 0.4) is 0 Å². The molecular formula is C22H23N3O4. The van der Waals surface area contributed by atoms with Crippen LogP contribution in [0.1, 0.15) is 22.3 Å². The highest BCUT2D eigenvalue weighted by Crippen LogP contribution is 2.25. The Kier molecular flexibility index (Phi) is 6.82. The van der Waals surface area contributed by atoms with Gasteiger partial charge in [0.25, 0.3) is 5.91 Å². The summed E-state index contributed by atoms with van der Waals surface area (Å²) in [4.78, 5) is 27.3. The van der Waals surface area contributed by atoms with Gasteiger partial charge in [0.1, 0.15) is 17.9 Å². The summed E-state index contributed by atoms with van der Waals surface area (Å²) in [5.74, 6) is 0.201. The molecular weight excluding hydrogens is 370 g/mol. The van der Waals surface area contributed by atoms with E-state index in [0.717, 1.165) is 0 Å². The van der Waals surface area contributed by atoms with Gasteiger partial charge in [-0.15, -0.1) is 0 Å². The fraction of sp³-hybridized carbons (Fsp3) is 0.318. The molecule has 1 heterocycles. The number of nitriles is 1. The summed E-state index contributed by atoms with van der Waals surface area (Å²) in [5, 5.41) is 11.8. The number of hydrogen-bond donors (Lipinski definition) is 1. The van der Waals surface area contributed by atoms with Crippen molar-refractivity contribution >= 4 is 11.8 Å². The molecule has 0 aliphatic carbocycles. The van der Waals surface area contributed by atoms with Crippen molar-refractivity contribution in [2.45, 2.75) is 18.6 Å². The van der Waals surface area contributed by atoms with Crippen LogP contribution in [-0.2, 0) is 9.53 Å². The third kappa shape index (κ3) is 5.12. The first kappa shape index (κ1) is 20.4. The summed E-state index contributed by atoms with van der Waals surface area (Å²) in [6.45, 7) is 1.07. The number of rotatable bonds is 7. The number of hydrogen-bond acceptors (Lipinski definition) is 5. The lowest BCUT2D eigenvalue weighted by molar-refractivity contribution is -0.125. The average molecular weight is 393 g/mol. The Morgan fingerprint density at radius 3 is 2.55 bits per heavy atom. The molecule has 2 aromatic rings. The minimum absolute atomic E-state index is 0.233. The van der Waals surface area contributed by atoms with E-state index in [0.29, 0.717) is 43.0 Å². The predicted molar refractivity (Wildman–Crippen MR) is 106 cm³/mol. The van der Waals surface area contributed by atoms with E-state index in [2.05, 4.69) is 5.32 Å². The molecule has 1 aliphatic rings. The maximum atomic E-state index is 13.1. The fourth-order valence-corrected chi connectivity index (χ4v) is 3.29. The molecule has 7 heteroatoms. The molecule has 0 bridgehead atoms. The van der Waals surface area contributed by atoms with Crippen molar-refractivity contribution < 1.29 is 19.1 Å². The zero-order valence-corrected chi connectivity index (χ0v) is 16.2. The third-order valence-electron chi connectivity index (χ3n) is 4.74. The molecule has 0 unspecified atom stereocenters. The molecule has 1 aliphatic heterocycles. The monoisotopic (exact) mass is 393 g/mol. The van der Waals surface area contributed by atoms with E-state index < -0.39 is 6.04 Å². The van der Waals surface area contributed by atoms with E-state index in [1.807, 2.05) is 36.4 Å². The Morgan fingerprint density at radius 2 is 1.90 bits per heavy atom. The second kappa shape index (κ2) is 9.71. The number of carbonyl (C=O) groups excluding carboxylic acids is 2. The molecule has 1 N–H and O–H groups in total. The lowest BCUT2D eigenvalue weighted by Gasteiger charge is -2.23. The van der Waals surface area contributed by atoms with Gasteiger partial charge in [-0.3, -0.25) is 9.59 Å². The van der Waals surface area contributed by atoms with Gasteiger partial charge in [-0.25, -0.2) is 0 Å². The van der Waals surface area contributed by atoms with Crippen LogP contribution in [-0.4, -0.2) is 55.7 Å². The third-order valence-corrected chi connectivity index (χ3v) is 4.74. The van der Waals surface area contributed by atoms with Gasteiger partial charge in [0.15, 0.2) is 0 Å². The molecule has 29 heavy (non-hydrogen) atoms. The number of carbonyl (C=O) groups is 2. The largest absolute Gasteiger partial charge is 0.488 e. The van der Waals surface area contributed by atoms with Gasteiger partial charge in [-0.2, -0.15) is 5.26 Å². The SMILES string of the molecule is COCCNC(=O)[C@@H]1C[C@H](Oc2ccccc2)CN1C(=O)c1ccc(C#N)cc1. The summed E-state index contributed by atoms with van der Waals surface area (Å²) in [6.07, 6.45) is 0.105. The van der Waals surface area contributed by atoms with Crippen LogP contribution in [0.2, 0.25) is 0 Å². The topological polar surface area (TPSA) is 91.7 Å². The number of methoxy groups -OCH3 is 1. The summed E-state index contributed by atoms with van der Waals surface area (Å²) in [6, 6.07) is 17.1. The van der Waals surface area contributed by atoms with Gasteiger partial charge in [0, 0.05) is 25.6 Å². The molecule has 7 nitrogen and oxygen atoms in total. The highest BCUT2D eigenvalue weighted by molar-refractivity contribution is 5.98. The highest BCUT2D eigenvalue weighted by atomic mass is 16.5. The Labute approximate surface area is 169 Å².